The van der Waals surface area contributed by atoms with E-state index in [2.05, 4.69) is 16.0 Å². The minimum Gasteiger partial charge on any atom is -0.497 e. The lowest BCUT2D eigenvalue weighted by Crippen LogP contribution is -2.19. The number of rotatable bonds is 13. The quantitative estimate of drug-likeness (QED) is 0.0623. The van der Waals surface area contributed by atoms with E-state index < -0.39 is 31.2 Å². The van der Waals surface area contributed by atoms with Crippen LogP contribution in [0.5, 0.6) is 11.5 Å². The van der Waals surface area contributed by atoms with E-state index in [-0.39, 0.29) is 32.3 Å². The maximum absolute atomic E-state index is 14.7. The normalized spacial score (nSPS) is 11.8. The predicted octanol–water partition coefficient (Wildman–Crippen LogP) is 14.3. The van der Waals surface area contributed by atoms with Gasteiger partial charge >= 0.3 is 16.1 Å². The van der Waals surface area contributed by atoms with Crippen molar-refractivity contribution in [2.24, 2.45) is 0 Å². The number of anilines is 3. The van der Waals surface area contributed by atoms with E-state index in [9.17, 15) is 31.0 Å². The molecule has 0 atom stereocenters. The summed E-state index contributed by atoms with van der Waals surface area (Å²) in [6.07, 6.45) is 0. The van der Waals surface area contributed by atoms with Crippen molar-refractivity contribution in [2.75, 3.05) is 23.1 Å². The molecule has 0 unspecified atom stereocenters. The summed E-state index contributed by atoms with van der Waals surface area (Å²) >= 11 is 5.07. The standard InChI is InChI=1S/C57H39N7O9S6/c1-30-9-24-43-48(76-55(63-43)35-14-25-41-45(28-35)74-54(61-41)34-12-18-38(19-13-34)59-57(66)60-39-20-22-40(72-3)23-21-39)51(30)79(70,71)73-44-27-31(2)50(78(67,68)69)49-47(44)64-56(77-49)36-15-26-42-46(29-36)75-53(62-42)33-10-16-37(17-11-33)58-52(65)32-7-5-4-6-8-32/h4-29H,1-3H3,(H,58,65)(H2,59,60,66)(H,67,68,69). The average molecular weight is 1160 g/mol. The molecule has 0 fully saturated rings. The number of urea groups is 1. The molecule has 4 heterocycles. The molecule has 79 heavy (non-hydrogen) atoms. The van der Waals surface area contributed by atoms with E-state index in [0.717, 1.165) is 53.0 Å². The van der Waals surface area contributed by atoms with Crippen molar-refractivity contribution in [3.05, 3.63) is 174 Å². The molecule has 3 amide bonds. The second-order valence-corrected chi connectivity index (χ2v) is 24.9. The zero-order chi connectivity index (χ0) is 54.7. The van der Waals surface area contributed by atoms with Crippen LogP contribution in [0.15, 0.2) is 168 Å². The van der Waals surface area contributed by atoms with Crippen LogP contribution in [-0.4, -0.2) is 60.4 Å². The zero-order valence-corrected chi connectivity index (χ0v) is 46.4. The summed E-state index contributed by atoms with van der Waals surface area (Å²) in [5, 5.41) is 10.9. The number of carbonyl (C=O) groups excluding carboxylic acids is 2. The number of hydrogen-bond acceptors (Lipinski definition) is 16. The molecule has 16 nitrogen and oxygen atoms in total. The third-order valence-corrected chi connectivity index (χ3v) is 19.7. The predicted molar refractivity (Wildman–Crippen MR) is 314 cm³/mol. The van der Waals surface area contributed by atoms with Gasteiger partial charge in [-0.15, -0.1) is 45.3 Å². The first-order valence-electron chi connectivity index (χ1n) is 23.9. The molecule has 4 N–H and O–H groups in total. The van der Waals surface area contributed by atoms with Crippen molar-refractivity contribution in [1.29, 1.82) is 0 Å². The molecule has 0 saturated heterocycles. The number of hydrogen-bond donors (Lipinski definition) is 4. The van der Waals surface area contributed by atoms with Crippen LogP contribution < -0.4 is 24.9 Å². The minimum absolute atomic E-state index is 0.0172. The van der Waals surface area contributed by atoms with Gasteiger partial charge in [-0.2, -0.15) is 16.8 Å². The molecule has 12 aromatic rings. The molecule has 0 aliphatic carbocycles. The number of ether oxygens (including phenoxy) is 1. The minimum atomic E-state index is -4.82. The molecule has 0 bridgehead atoms. The number of aromatic nitrogens is 4. The van der Waals surface area contributed by atoms with Crippen LogP contribution in [0.1, 0.15) is 21.5 Å². The van der Waals surface area contributed by atoms with E-state index in [1.165, 1.54) is 47.0 Å². The van der Waals surface area contributed by atoms with E-state index >= 15 is 0 Å². The van der Waals surface area contributed by atoms with Crippen molar-refractivity contribution < 1.29 is 39.9 Å². The van der Waals surface area contributed by atoms with Gasteiger partial charge in [0.2, 0.25) is 0 Å². The molecule has 0 aliphatic rings. The third kappa shape index (κ3) is 10.3. The molecule has 4 aromatic heterocycles. The monoisotopic (exact) mass is 1160 g/mol. The Hall–Kier alpha value is -8.48. The summed E-state index contributed by atoms with van der Waals surface area (Å²) in [7, 11) is -7.90. The first-order chi connectivity index (χ1) is 38.0. The molecule has 8 aromatic carbocycles. The highest BCUT2D eigenvalue weighted by atomic mass is 32.2. The van der Waals surface area contributed by atoms with Crippen LogP contribution in [0, 0.1) is 13.8 Å². The fraction of sp³-hybridized carbons (Fsp3) is 0.0526. The summed E-state index contributed by atoms with van der Waals surface area (Å²) in [6.45, 7) is 3.11. The van der Waals surface area contributed by atoms with Crippen molar-refractivity contribution in [2.45, 2.75) is 23.6 Å². The molecule has 12 rings (SSSR count). The molecule has 22 heteroatoms. The van der Waals surface area contributed by atoms with Gasteiger partial charge in [0.05, 0.1) is 42.5 Å². The Balaban J connectivity index is 0.803. The number of aryl methyl sites for hydroxylation is 2. The second-order valence-electron chi connectivity index (χ2n) is 18.0. The Morgan fingerprint density at radius 3 is 1.57 bits per heavy atom. The fourth-order valence-electron chi connectivity index (χ4n) is 8.83. The number of methoxy groups -OCH3 is 1. The van der Waals surface area contributed by atoms with Gasteiger partial charge in [0, 0.05) is 44.9 Å². The average Bonchev–Trinajstić information content (AvgIpc) is 4.49. The Labute approximate surface area is 466 Å². The highest BCUT2D eigenvalue weighted by Crippen LogP contribution is 2.45. The Kier molecular flexibility index (Phi) is 13.2. The first-order valence-corrected chi connectivity index (χ1v) is 30.0. The first kappa shape index (κ1) is 51.3. The van der Waals surface area contributed by atoms with Crippen LogP contribution >= 0.6 is 45.3 Å². The number of amides is 3. The van der Waals surface area contributed by atoms with Crippen LogP contribution in [0.3, 0.4) is 0 Å². The lowest BCUT2D eigenvalue weighted by molar-refractivity contribution is 0.102. The van der Waals surface area contributed by atoms with Crippen molar-refractivity contribution in [3.63, 3.8) is 0 Å². The largest absolute Gasteiger partial charge is 0.497 e. The van der Waals surface area contributed by atoms with Crippen LogP contribution in [0.2, 0.25) is 0 Å². The van der Waals surface area contributed by atoms with Gasteiger partial charge in [0.25, 0.3) is 16.0 Å². The Morgan fingerprint density at radius 2 is 1.00 bits per heavy atom. The van der Waals surface area contributed by atoms with Crippen LogP contribution in [0.4, 0.5) is 21.9 Å². The van der Waals surface area contributed by atoms with E-state index in [0.29, 0.717) is 65.3 Å². The number of nitrogens with one attached hydrogen (secondary N) is 3. The second kappa shape index (κ2) is 20.4. The third-order valence-electron chi connectivity index (χ3n) is 12.6. The van der Waals surface area contributed by atoms with E-state index in [4.69, 9.17) is 28.9 Å². The van der Waals surface area contributed by atoms with Gasteiger partial charge in [-0.25, -0.2) is 24.7 Å². The molecular formula is C57H39N7O9S6. The maximum atomic E-state index is 14.7. The SMILES string of the molecule is COc1ccc(NC(=O)Nc2ccc(-c3nc4ccc(-c5nc6ccc(C)c(S(=O)(=O)Oc7cc(C)c(S(=O)(=O)O)c8sc(-c9ccc%10nc(-c%11ccc(NC(=O)c%12ccccc%12)cc%11)sc%10c9)nc78)c6s5)cc4s3)cc2)cc1. The van der Waals surface area contributed by atoms with E-state index in [1.54, 1.807) is 105 Å². The summed E-state index contributed by atoms with van der Waals surface area (Å²) in [4.78, 5) is 44.2. The molecule has 0 saturated carbocycles. The summed E-state index contributed by atoms with van der Waals surface area (Å²) < 4.78 is 79.0. The number of nitrogens with zero attached hydrogens (tertiary/aromatic N) is 4. The lowest BCUT2D eigenvalue weighted by Gasteiger charge is -2.12. The zero-order valence-electron chi connectivity index (χ0n) is 41.5. The van der Waals surface area contributed by atoms with Gasteiger partial charge in [-0.3, -0.25) is 9.35 Å². The van der Waals surface area contributed by atoms with Gasteiger partial charge in [0.1, 0.15) is 41.1 Å². The highest BCUT2D eigenvalue weighted by molar-refractivity contribution is 7.87. The summed E-state index contributed by atoms with van der Waals surface area (Å²) in [5.41, 5.74) is 7.66. The summed E-state index contributed by atoms with van der Waals surface area (Å²) in [6, 6.07) is 46.1. The molecule has 0 aliphatic heterocycles. The number of benzene rings is 8. The van der Waals surface area contributed by atoms with Crippen molar-refractivity contribution >= 4 is 135 Å². The number of thiazole rings is 4. The van der Waals surface area contributed by atoms with E-state index in [1.807, 2.05) is 60.7 Å². The number of fused-ring (bicyclic) bond motifs is 4. The maximum Gasteiger partial charge on any atom is 0.341 e. The smallest absolute Gasteiger partial charge is 0.341 e. The van der Waals surface area contributed by atoms with Crippen molar-refractivity contribution in [1.82, 2.24) is 19.9 Å². The summed E-state index contributed by atoms with van der Waals surface area (Å²) in [5.74, 6) is 0.236. The Bertz CT molecular complexity index is 4640. The van der Waals surface area contributed by atoms with Crippen LogP contribution in [0.25, 0.3) is 83.2 Å². The van der Waals surface area contributed by atoms with Crippen molar-refractivity contribution in [3.8, 4) is 53.8 Å². The van der Waals surface area contributed by atoms with Gasteiger partial charge in [-0.05, 0) is 158 Å². The lowest BCUT2D eigenvalue weighted by atomic mass is 10.2. The topological polar surface area (TPSA) is 229 Å². The fourth-order valence-corrected chi connectivity index (χ4v) is 15.9. The molecular weight excluding hydrogens is 1120 g/mol. The highest BCUT2D eigenvalue weighted by Gasteiger charge is 2.30. The van der Waals surface area contributed by atoms with Gasteiger partial charge in [0.15, 0.2) is 5.75 Å². The molecule has 0 spiro atoms. The van der Waals surface area contributed by atoms with Gasteiger partial charge < -0.3 is 24.9 Å². The molecule has 392 valence electrons. The van der Waals surface area contributed by atoms with Gasteiger partial charge in [-0.1, -0.05) is 24.3 Å². The molecule has 0 radical (unpaired) electrons. The van der Waals surface area contributed by atoms with Crippen LogP contribution in [-0.2, 0) is 20.2 Å². The Morgan fingerprint density at radius 1 is 0.506 bits per heavy atom. The number of carbonyl (C=O) groups is 2.